The minimum Gasteiger partial charge on any atom is -0.308 e. The summed E-state index contributed by atoms with van der Waals surface area (Å²) in [6.45, 7) is 4.14. The minimum atomic E-state index is 0.684. The minimum absolute atomic E-state index is 0.684. The Morgan fingerprint density at radius 2 is 2.07 bits per heavy atom. The predicted octanol–water partition coefficient (Wildman–Crippen LogP) is 2.90. The number of anilines is 1. The molecule has 1 aromatic carbocycles. The smallest absolute Gasteiger partial charge is 0.140 e. The van der Waals surface area contributed by atoms with Crippen molar-refractivity contribution in [2.75, 3.05) is 5.43 Å². The largest absolute Gasteiger partial charge is 0.308 e. The standard InChI is InChI=1S/C11H12BrN3/c1-6-5-9-8(7(2)11(6)12)3-4-10(14-9)15-13/h3-5H,13H2,1-2H3,(H,14,15). The zero-order valence-electron chi connectivity index (χ0n) is 8.63. The Bertz CT molecular complexity index is 523. The lowest BCUT2D eigenvalue weighted by Crippen LogP contribution is -2.08. The van der Waals surface area contributed by atoms with Crippen LogP contribution in [0.5, 0.6) is 0 Å². The number of hydrogen-bond acceptors (Lipinski definition) is 3. The van der Waals surface area contributed by atoms with Gasteiger partial charge in [-0.3, -0.25) is 0 Å². The molecule has 0 spiro atoms. The van der Waals surface area contributed by atoms with Crippen LogP contribution in [0.15, 0.2) is 22.7 Å². The second kappa shape index (κ2) is 3.79. The van der Waals surface area contributed by atoms with Crippen LogP contribution in [0, 0.1) is 13.8 Å². The summed E-state index contributed by atoms with van der Waals surface area (Å²) in [6, 6.07) is 5.95. The molecular weight excluding hydrogens is 254 g/mol. The van der Waals surface area contributed by atoms with Crippen LogP contribution < -0.4 is 11.3 Å². The van der Waals surface area contributed by atoms with Gasteiger partial charge in [-0.05, 0) is 43.2 Å². The van der Waals surface area contributed by atoms with Crippen LogP contribution >= 0.6 is 15.9 Å². The maximum atomic E-state index is 5.33. The molecule has 0 bridgehead atoms. The molecule has 0 saturated heterocycles. The lowest BCUT2D eigenvalue weighted by Gasteiger charge is -2.08. The molecule has 0 saturated carbocycles. The van der Waals surface area contributed by atoms with Gasteiger partial charge in [0.2, 0.25) is 0 Å². The number of hydrazine groups is 1. The average Bonchev–Trinajstić information content (AvgIpc) is 2.25. The molecule has 0 aliphatic rings. The molecule has 78 valence electrons. The Hall–Kier alpha value is -1.13. The van der Waals surface area contributed by atoms with Crippen molar-refractivity contribution in [3.05, 3.63) is 33.8 Å². The normalized spacial score (nSPS) is 10.7. The first-order valence-corrected chi connectivity index (χ1v) is 5.46. The molecule has 15 heavy (non-hydrogen) atoms. The van der Waals surface area contributed by atoms with Crippen molar-refractivity contribution < 1.29 is 0 Å². The number of rotatable bonds is 1. The number of aryl methyl sites for hydroxylation is 2. The molecule has 0 atom stereocenters. The SMILES string of the molecule is Cc1cc2nc(NN)ccc2c(C)c1Br. The van der Waals surface area contributed by atoms with Crippen molar-refractivity contribution in [3.63, 3.8) is 0 Å². The molecule has 3 nitrogen and oxygen atoms in total. The van der Waals surface area contributed by atoms with Crippen molar-refractivity contribution >= 4 is 32.7 Å². The number of nitrogens with one attached hydrogen (secondary N) is 1. The van der Waals surface area contributed by atoms with E-state index < -0.39 is 0 Å². The number of nitrogen functional groups attached to an aromatic ring is 1. The van der Waals surface area contributed by atoms with Crippen LogP contribution in [0.2, 0.25) is 0 Å². The van der Waals surface area contributed by atoms with E-state index in [2.05, 4.69) is 40.2 Å². The maximum absolute atomic E-state index is 5.33. The Morgan fingerprint density at radius 1 is 1.33 bits per heavy atom. The van der Waals surface area contributed by atoms with Crippen molar-refractivity contribution in [2.45, 2.75) is 13.8 Å². The quantitative estimate of drug-likeness (QED) is 0.616. The summed E-state index contributed by atoms with van der Waals surface area (Å²) in [6.07, 6.45) is 0. The van der Waals surface area contributed by atoms with E-state index >= 15 is 0 Å². The molecule has 2 aromatic rings. The fraction of sp³-hybridized carbons (Fsp3) is 0.182. The highest BCUT2D eigenvalue weighted by Crippen LogP contribution is 2.28. The lowest BCUT2D eigenvalue weighted by molar-refractivity contribution is 1.25. The van der Waals surface area contributed by atoms with Crippen molar-refractivity contribution in [1.82, 2.24) is 4.98 Å². The van der Waals surface area contributed by atoms with Gasteiger partial charge in [0.25, 0.3) is 0 Å². The third-order valence-corrected chi connectivity index (χ3v) is 3.73. The van der Waals surface area contributed by atoms with Crippen LogP contribution in [0.25, 0.3) is 10.9 Å². The number of fused-ring (bicyclic) bond motifs is 1. The molecule has 3 N–H and O–H groups in total. The first kappa shape index (κ1) is 10.4. The molecule has 0 aliphatic heterocycles. The number of nitrogens with two attached hydrogens (primary N) is 1. The van der Waals surface area contributed by atoms with Crippen molar-refractivity contribution in [3.8, 4) is 0 Å². The van der Waals surface area contributed by atoms with Crippen LogP contribution in [0.4, 0.5) is 5.82 Å². The molecule has 0 aliphatic carbocycles. The van der Waals surface area contributed by atoms with Gasteiger partial charge in [-0.1, -0.05) is 15.9 Å². The van der Waals surface area contributed by atoms with E-state index in [-0.39, 0.29) is 0 Å². The van der Waals surface area contributed by atoms with Gasteiger partial charge < -0.3 is 5.43 Å². The monoisotopic (exact) mass is 265 g/mol. The van der Waals surface area contributed by atoms with E-state index in [4.69, 9.17) is 5.84 Å². The van der Waals surface area contributed by atoms with Gasteiger partial charge in [0.05, 0.1) is 5.52 Å². The van der Waals surface area contributed by atoms with E-state index in [9.17, 15) is 0 Å². The Kier molecular flexibility index (Phi) is 2.63. The molecular formula is C11H12BrN3. The molecule has 0 unspecified atom stereocenters. The fourth-order valence-electron chi connectivity index (χ4n) is 1.66. The van der Waals surface area contributed by atoms with Gasteiger partial charge in [-0.15, -0.1) is 0 Å². The third kappa shape index (κ3) is 1.70. The molecule has 1 aromatic heterocycles. The molecule has 0 amide bonds. The van der Waals surface area contributed by atoms with Gasteiger partial charge in [0.15, 0.2) is 0 Å². The van der Waals surface area contributed by atoms with E-state index in [0.29, 0.717) is 5.82 Å². The molecule has 0 radical (unpaired) electrons. The van der Waals surface area contributed by atoms with Crippen molar-refractivity contribution in [1.29, 1.82) is 0 Å². The van der Waals surface area contributed by atoms with Crippen LogP contribution in [0.3, 0.4) is 0 Å². The molecule has 1 heterocycles. The second-order valence-corrected chi connectivity index (χ2v) is 4.33. The van der Waals surface area contributed by atoms with E-state index in [1.807, 2.05) is 18.2 Å². The maximum Gasteiger partial charge on any atom is 0.140 e. The van der Waals surface area contributed by atoms with Gasteiger partial charge in [0.1, 0.15) is 5.82 Å². The van der Waals surface area contributed by atoms with Crippen LogP contribution in [-0.4, -0.2) is 4.98 Å². The average molecular weight is 266 g/mol. The third-order valence-electron chi connectivity index (χ3n) is 2.51. The molecule has 0 fully saturated rings. The molecule has 2 rings (SSSR count). The van der Waals surface area contributed by atoms with Gasteiger partial charge in [-0.25, -0.2) is 10.8 Å². The van der Waals surface area contributed by atoms with Crippen LogP contribution in [-0.2, 0) is 0 Å². The number of hydrogen-bond donors (Lipinski definition) is 2. The highest BCUT2D eigenvalue weighted by molar-refractivity contribution is 9.10. The number of nitrogens with zero attached hydrogens (tertiary/aromatic N) is 1. The van der Waals surface area contributed by atoms with Gasteiger partial charge in [-0.2, -0.15) is 0 Å². The number of halogens is 1. The highest BCUT2D eigenvalue weighted by Gasteiger charge is 2.06. The summed E-state index contributed by atoms with van der Waals surface area (Å²) in [7, 11) is 0. The Labute approximate surface area is 96.8 Å². The predicted molar refractivity (Wildman–Crippen MR) is 66.7 cm³/mol. The fourth-order valence-corrected chi connectivity index (χ4v) is 1.99. The summed E-state index contributed by atoms with van der Waals surface area (Å²) in [5, 5.41) is 1.14. The lowest BCUT2D eigenvalue weighted by atomic mass is 10.1. The number of aromatic nitrogens is 1. The first-order chi connectivity index (χ1) is 7.13. The number of benzene rings is 1. The van der Waals surface area contributed by atoms with Crippen LogP contribution in [0.1, 0.15) is 11.1 Å². The van der Waals surface area contributed by atoms with Gasteiger partial charge in [0, 0.05) is 9.86 Å². The summed E-state index contributed by atoms with van der Waals surface area (Å²) >= 11 is 3.57. The summed E-state index contributed by atoms with van der Waals surface area (Å²) in [4.78, 5) is 4.40. The second-order valence-electron chi connectivity index (χ2n) is 3.54. The van der Waals surface area contributed by atoms with E-state index in [0.717, 1.165) is 15.4 Å². The number of pyridine rings is 1. The zero-order chi connectivity index (χ0) is 11.0. The topological polar surface area (TPSA) is 50.9 Å². The highest BCUT2D eigenvalue weighted by atomic mass is 79.9. The van der Waals surface area contributed by atoms with Crippen molar-refractivity contribution in [2.24, 2.45) is 5.84 Å². The Morgan fingerprint density at radius 3 is 2.73 bits per heavy atom. The summed E-state index contributed by atoms with van der Waals surface area (Å²) in [5.74, 6) is 6.01. The van der Waals surface area contributed by atoms with E-state index in [1.54, 1.807) is 0 Å². The molecule has 4 heteroatoms. The summed E-state index contributed by atoms with van der Waals surface area (Å²) in [5.41, 5.74) is 5.90. The zero-order valence-corrected chi connectivity index (χ0v) is 10.2. The first-order valence-electron chi connectivity index (χ1n) is 4.66. The Balaban J connectivity index is 2.80. The van der Waals surface area contributed by atoms with Gasteiger partial charge >= 0.3 is 0 Å². The summed E-state index contributed by atoms with van der Waals surface area (Å²) < 4.78 is 1.14. The van der Waals surface area contributed by atoms with E-state index in [1.165, 1.54) is 11.1 Å².